The number of rotatable bonds is 6. The summed E-state index contributed by atoms with van der Waals surface area (Å²) in [6.07, 6.45) is 0. The van der Waals surface area contributed by atoms with Gasteiger partial charge in [0.2, 0.25) is 0 Å². The quantitative estimate of drug-likeness (QED) is 0.776. The van der Waals surface area contributed by atoms with E-state index in [2.05, 4.69) is 10.6 Å². The van der Waals surface area contributed by atoms with E-state index in [-0.39, 0.29) is 18.3 Å². The number of hydrogen-bond acceptors (Lipinski definition) is 3. The smallest absolute Gasteiger partial charge is 0.251 e. The number of benzene rings is 1. The van der Waals surface area contributed by atoms with Crippen LogP contribution >= 0.6 is 12.4 Å². The van der Waals surface area contributed by atoms with Gasteiger partial charge in [-0.25, -0.2) is 0 Å². The predicted molar refractivity (Wildman–Crippen MR) is 75.9 cm³/mol. The first-order valence-corrected chi connectivity index (χ1v) is 5.82. The number of nitrogens with one attached hydrogen (secondary N) is 2. The molecule has 0 heterocycles. The van der Waals surface area contributed by atoms with Gasteiger partial charge in [-0.2, -0.15) is 0 Å². The van der Waals surface area contributed by atoms with Crippen LogP contribution in [-0.4, -0.2) is 32.7 Å². The van der Waals surface area contributed by atoms with Gasteiger partial charge >= 0.3 is 0 Å². The highest BCUT2D eigenvalue weighted by Gasteiger charge is 2.07. The summed E-state index contributed by atoms with van der Waals surface area (Å²) in [7, 11) is 1.61. The minimum absolute atomic E-state index is 0. The van der Waals surface area contributed by atoms with E-state index in [1.165, 1.54) is 0 Å². The molecular formula is C13H21ClN2O2. The Morgan fingerprint density at radius 2 is 2.06 bits per heavy atom. The predicted octanol–water partition coefficient (Wildman–Crippen LogP) is 1.76. The molecule has 0 fully saturated rings. The monoisotopic (exact) mass is 272 g/mol. The molecule has 0 atom stereocenters. The van der Waals surface area contributed by atoms with Crippen molar-refractivity contribution in [2.45, 2.75) is 13.8 Å². The molecule has 4 nitrogen and oxygen atoms in total. The first kappa shape index (κ1) is 16.7. The summed E-state index contributed by atoms with van der Waals surface area (Å²) in [4.78, 5) is 11.8. The third-order valence-corrected chi connectivity index (χ3v) is 2.51. The van der Waals surface area contributed by atoms with Gasteiger partial charge in [-0.3, -0.25) is 4.79 Å². The van der Waals surface area contributed by atoms with Gasteiger partial charge in [0.05, 0.1) is 7.11 Å². The van der Waals surface area contributed by atoms with Crippen molar-refractivity contribution in [1.29, 1.82) is 0 Å². The number of likely N-dealkylation sites (N-methyl/N-ethyl adjacent to an activating group) is 1. The van der Waals surface area contributed by atoms with Crippen LogP contribution in [0.25, 0.3) is 0 Å². The van der Waals surface area contributed by atoms with Crippen molar-refractivity contribution in [2.24, 2.45) is 0 Å². The first-order valence-electron chi connectivity index (χ1n) is 5.82. The fourth-order valence-corrected chi connectivity index (χ4v) is 1.50. The van der Waals surface area contributed by atoms with Gasteiger partial charge in [-0.1, -0.05) is 13.0 Å². The number of hydrogen-bond donors (Lipinski definition) is 2. The second-order valence-electron chi connectivity index (χ2n) is 3.79. The molecule has 0 aliphatic heterocycles. The van der Waals surface area contributed by atoms with Crippen molar-refractivity contribution < 1.29 is 9.53 Å². The number of methoxy groups -OCH3 is 1. The van der Waals surface area contributed by atoms with Crippen molar-refractivity contribution in [2.75, 3.05) is 26.7 Å². The summed E-state index contributed by atoms with van der Waals surface area (Å²) in [6.45, 7) is 6.31. The van der Waals surface area contributed by atoms with Gasteiger partial charge in [0.1, 0.15) is 5.75 Å². The summed E-state index contributed by atoms with van der Waals surface area (Å²) < 4.78 is 5.19. The highest BCUT2D eigenvalue weighted by Crippen LogP contribution is 2.18. The topological polar surface area (TPSA) is 50.4 Å². The second-order valence-corrected chi connectivity index (χ2v) is 3.79. The lowest BCUT2D eigenvalue weighted by atomic mass is 10.1. The second kappa shape index (κ2) is 8.78. The maximum absolute atomic E-state index is 11.8. The largest absolute Gasteiger partial charge is 0.496 e. The molecule has 1 amide bonds. The third-order valence-electron chi connectivity index (χ3n) is 2.51. The Kier molecular flexibility index (Phi) is 8.16. The summed E-state index contributed by atoms with van der Waals surface area (Å²) in [5, 5.41) is 5.99. The zero-order valence-corrected chi connectivity index (χ0v) is 11.9. The highest BCUT2D eigenvalue weighted by atomic mass is 35.5. The van der Waals surface area contributed by atoms with Crippen LogP contribution in [0.3, 0.4) is 0 Å². The number of carbonyl (C=O) groups is 1. The lowest BCUT2D eigenvalue weighted by Crippen LogP contribution is -2.31. The van der Waals surface area contributed by atoms with E-state index in [4.69, 9.17) is 4.74 Å². The Bertz CT molecular complexity index is 383. The van der Waals surface area contributed by atoms with E-state index in [9.17, 15) is 4.79 Å². The fraction of sp³-hybridized carbons (Fsp3) is 0.462. The van der Waals surface area contributed by atoms with Gasteiger partial charge in [-0.15, -0.1) is 12.4 Å². The van der Waals surface area contributed by atoms with Crippen molar-refractivity contribution in [3.63, 3.8) is 0 Å². The Morgan fingerprint density at radius 3 is 2.67 bits per heavy atom. The van der Waals surface area contributed by atoms with E-state index in [1.54, 1.807) is 19.2 Å². The van der Waals surface area contributed by atoms with E-state index in [1.807, 2.05) is 19.9 Å². The lowest BCUT2D eigenvalue weighted by molar-refractivity contribution is 0.0953. The molecule has 102 valence electrons. The average Bonchev–Trinajstić information content (AvgIpc) is 2.35. The SMILES string of the molecule is CCNCCNC(=O)c1ccc(C)c(OC)c1.Cl. The van der Waals surface area contributed by atoms with Crippen LogP contribution in [0.1, 0.15) is 22.8 Å². The molecule has 2 N–H and O–H groups in total. The zero-order valence-electron chi connectivity index (χ0n) is 11.1. The normalized spacial score (nSPS) is 9.50. The van der Waals surface area contributed by atoms with Gasteiger partial charge < -0.3 is 15.4 Å². The molecule has 0 bridgehead atoms. The van der Waals surface area contributed by atoms with Crippen molar-refractivity contribution in [3.8, 4) is 5.75 Å². The van der Waals surface area contributed by atoms with E-state index in [0.717, 1.165) is 24.4 Å². The Hall–Kier alpha value is -1.26. The molecule has 0 aliphatic carbocycles. The molecule has 18 heavy (non-hydrogen) atoms. The van der Waals surface area contributed by atoms with Crippen molar-refractivity contribution in [1.82, 2.24) is 10.6 Å². The van der Waals surface area contributed by atoms with Crippen LogP contribution in [0, 0.1) is 6.92 Å². The number of ether oxygens (including phenoxy) is 1. The third kappa shape index (κ3) is 4.94. The molecule has 0 aliphatic rings. The number of carbonyl (C=O) groups excluding carboxylic acids is 1. The van der Waals surface area contributed by atoms with Crippen molar-refractivity contribution >= 4 is 18.3 Å². The molecule has 0 saturated heterocycles. The maximum atomic E-state index is 11.8. The van der Waals surface area contributed by atoms with Gasteiger partial charge in [-0.05, 0) is 31.2 Å². The fourth-order valence-electron chi connectivity index (χ4n) is 1.50. The summed E-state index contributed by atoms with van der Waals surface area (Å²) in [5.74, 6) is 0.672. The highest BCUT2D eigenvalue weighted by molar-refractivity contribution is 5.94. The molecule has 1 aromatic rings. The number of aryl methyl sites for hydroxylation is 1. The van der Waals surface area contributed by atoms with Crippen LogP contribution in [0.5, 0.6) is 5.75 Å². The van der Waals surface area contributed by atoms with Gasteiger partial charge in [0.25, 0.3) is 5.91 Å². The summed E-state index contributed by atoms with van der Waals surface area (Å²) in [5.41, 5.74) is 1.65. The first-order chi connectivity index (χ1) is 8.19. The molecular weight excluding hydrogens is 252 g/mol. The van der Waals surface area contributed by atoms with Crippen LogP contribution in [0.15, 0.2) is 18.2 Å². The van der Waals surface area contributed by atoms with Crippen LogP contribution in [-0.2, 0) is 0 Å². The maximum Gasteiger partial charge on any atom is 0.251 e. The summed E-state index contributed by atoms with van der Waals surface area (Å²) >= 11 is 0. The molecule has 1 aromatic carbocycles. The standard InChI is InChI=1S/C13H20N2O2.ClH/c1-4-14-7-8-15-13(16)11-6-5-10(2)12(9-11)17-3;/h5-6,9,14H,4,7-8H2,1-3H3,(H,15,16);1H. The van der Waals surface area contributed by atoms with Crippen LogP contribution in [0.2, 0.25) is 0 Å². The molecule has 5 heteroatoms. The average molecular weight is 273 g/mol. The Labute approximate surface area is 115 Å². The van der Waals surface area contributed by atoms with E-state index >= 15 is 0 Å². The van der Waals surface area contributed by atoms with Crippen LogP contribution in [0.4, 0.5) is 0 Å². The zero-order chi connectivity index (χ0) is 12.7. The van der Waals surface area contributed by atoms with Gasteiger partial charge in [0, 0.05) is 18.7 Å². The minimum atomic E-state index is -0.0683. The Balaban J connectivity index is 0.00000289. The molecule has 0 spiro atoms. The van der Waals surface area contributed by atoms with Gasteiger partial charge in [0.15, 0.2) is 0 Å². The van der Waals surface area contributed by atoms with E-state index in [0.29, 0.717) is 12.1 Å². The molecule has 0 radical (unpaired) electrons. The molecule has 1 rings (SSSR count). The molecule has 0 saturated carbocycles. The lowest BCUT2D eigenvalue weighted by Gasteiger charge is -2.08. The number of halogens is 1. The van der Waals surface area contributed by atoms with E-state index < -0.39 is 0 Å². The number of amides is 1. The summed E-state index contributed by atoms with van der Waals surface area (Å²) in [6, 6.07) is 5.45. The molecule has 0 unspecified atom stereocenters. The van der Waals surface area contributed by atoms with Crippen LogP contribution < -0.4 is 15.4 Å². The minimum Gasteiger partial charge on any atom is -0.496 e. The molecule has 0 aromatic heterocycles. The Morgan fingerprint density at radius 1 is 1.33 bits per heavy atom. The van der Waals surface area contributed by atoms with Crippen molar-refractivity contribution in [3.05, 3.63) is 29.3 Å².